The average Bonchev–Trinajstić information content (AvgIpc) is 2.31. The van der Waals surface area contributed by atoms with E-state index in [1.165, 1.54) is 6.42 Å². The van der Waals surface area contributed by atoms with Crippen LogP contribution in [-0.2, 0) is 4.79 Å². The third-order valence-corrected chi connectivity index (χ3v) is 3.93. The Hall–Kier alpha value is -1.58. The van der Waals surface area contributed by atoms with Crippen molar-refractivity contribution in [2.24, 2.45) is 11.3 Å². The molecule has 1 aliphatic carbocycles. The van der Waals surface area contributed by atoms with Gasteiger partial charge < -0.3 is 11.1 Å². The van der Waals surface area contributed by atoms with Crippen LogP contribution in [0.4, 0.5) is 11.4 Å². The lowest BCUT2D eigenvalue weighted by atomic mass is 9.68. The third-order valence-electron chi connectivity index (χ3n) is 3.93. The van der Waals surface area contributed by atoms with Crippen molar-refractivity contribution >= 4 is 17.3 Å². The second kappa shape index (κ2) is 4.96. The maximum absolute atomic E-state index is 12.3. The summed E-state index contributed by atoms with van der Waals surface area (Å²) in [5, 5.41) is 2.93. The number of hydrogen-bond acceptors (Lipinski definition) is 3. The van der Waals surface area contributed by atoms with E-state index in [9.17, 15) is 4.79 Å². The topological polar surface area (TPSA) is 68.0 Å². The SMILES string of the molecule is CC1(C)CCCCC1C(=O)Nc1ccncc1N. The highest BCUT2D eigenvalue weighted by molar-refractivity contribution is 5.95. The van der Waals surface area contributed by atoms with Crippen LogP contribution in [0.25, 0.3) is 0 Å². The molecule has 4 nitrogen and oxygen atoms in total. The van der Waals surface area contributed by atoms with Crippen LogP contribution in [-0.4, -0.2) is 10.9 Å². The molecular weight excluding hydrogens is 226 g/mol. The van der Waals surface area contributed by atoms with Gasteiger partial charge in [-0.1, -0.05) is 26.7 Å². The standard InChI is InChI=1S/C14H21N3O/c1-14(2)7-4-3-5-10(14)13(18)17-12-6-8-16-9-11(12)15/h6,8-10H,3-5,7,15H2,1-2H3,(H,16,17,18). The highest BCUT2D eigenvalue weighted by Crippen LogP contribution is 2.41. The van der Waals surface area contributed by atoms with E-state index < -0.39 is 0 Å². The van der Waals surface area contributed by atoms with Crippen LogP contribution in [0.3, 0.4) is 0 Å². The van der Waals surface area contributed by atoms with Crippen LogP contribution in [0.2, 0.25) is 0 Å². The molecule has 1 heterocycles. The lowest BCUT2D eigenvalue weighted by molar-refractivity contribution is -0.124. The Labute approximate surface area is 108 Å². The number of pyridine rings is 1. The summed E-state index contributed by atoms with van der Waals surface area (Å²) < 4.78 is 0. The number of anilines is 2. The van der Waals surface area contributed by atoms with Gasteiger partial charge in [0.1, 0.15) is 0 Å². The second-order valence-corrected chi connectivity index (χ2v) is 5.74. The zero-order valence-electron chi connectivity index (χ0n) is 11.1. The first kappa shape index (κ1) is 12.9. The molecule has 1 amide bonds. The molecule has 0 aliphatic heterocycles. The van der Waals surface area contributed by atoms with E-state index in [4.69, 9.17) is 5.73 Å². The summed E-state index contributed by atoms with van der Waals surface area (Å²) in [7, 11) is 0. The second-order valence-electron chi connectivity index (χ2n) is 5.74. The van der Waals surface area contributed by atoms with Crippen LogP contribution < -0.4 is 11.1 Å². The quantitative estimate of drug-likeness (QED) is 0.844. The summed E-state index contributed by atoms with van der Waals surface area (Å²) in [5.41, 5.74) is 7.04. The molecular formula is C14H21N3O. The number of nitrogens with one attached hydrogen (secondary N) is 1. The van der Waals surface area contributed by atoms with Gasteiger partial charge in [-0.3, -0.25) is 9.78 Å². The first-order chi connectivity index (χ1) is 8.50. The number of nitrogens with two attached hydrogens (primary N) is 1. The average molecular weight is 247 g/mol. The lowest BCUT2D eigenvalue weighted by Gasteiger charge is -2.37. The first-order valence-corrected chi connectivity index (χ1v) is 6.51. The Bertz CT molecular complexity index is 442. The van der Waals surface area contributed by atoms with Gasteiger partial charge in [-0.05, 0) is 24.3 Å². The summed E-state index contributed by atoms with van der Waals surface area (Å²) in [6, 6.07) is 1.74. The lowest BCUT2D eigenvalue weighted by Crippen LogP contribution is -2.37. The van der Waals surface area contributed by atoms with Crippen molar-refractivity contribution in [3.05, 3.63) is 18.5 Å². The molecule has 1 atom stereocenters. The number of amides is 1. The van der Waals surface area contributed by atoms with Gasteiger partial charge in [0, 0.05) is 12.1 Å². The molecule has 0 radical (unpaired) electrons. The summed E-state index contributed by atoms with van der Waals surface area (Å²) >= 11 is 0. The van der Waals surface area contributed by atoms with Gasteiger partial charge in [0.25, 0.3) is 0 Å². The fraction of sp³-hybridized carbons (Fsp3) is 0.571. The van der Waals surface area contributed by atoms with Gasteiger partial charge >= 0.3 is 0 Å². The fourth-order valence-corrected chi connectivity index (χ4v) is 2.72. The van der Waals surface area contributed by atoms with Gasteiger partial charge in [-0.25, -0.2) is 0 Å². The van der Waals surface area contributed by atoms with Crippen LogP contribution in [0, 0.1) is 11.3 Å². The Morgan fingerprint density at radius 1 is 1.50 bits per heavy atom. The Morgan fingerprint density at radius 3 is 2.94 bits per heavy atom. The molecule has 0 aromatic carbocycles. The monoisotopic (exact) mass is 247 g/mol. The fourth-order valence-electron chi connectivity index (χ4n) is 2.72. The van der Waals surface area contributed by atoms with Crippen molar-refractivity contribution in [3.8, 4) is 0 Å². The molecule has 0 saturated heterocycles. The molecule has 1 aliphatic rings. The van der Waals surface area contributed by atoms with Crippen LogP contribution in [0.15, 0.2) is 18.5 Å². The van der Waals surface area contributed by atoms with Crippen LogP contribution in [0.1, 0.15) is 39.5 Å². The van der Waals surface area contributed by atoms with Gasteiger partial charge in [-0.2, -0.15) is 0 Å². The van der Waals surface area contributed by atoms with Gasteiger partial charge in [0.2, 0.25) is 5.91 Å². The molecule has 98 valence electrons. The number of rotatable bonds is 2. The summed E-state index contributed by atoms with van der Waals surface area (Å²) in [6.07, 6.45) is 7.61. The number of carbonyl (C=O) groups is 1. The third kappa shape index (κ3) is 2.63. The molecule has 4 heteroatoms. The number of aromatic nitrogens is 1. The van der Waals surface area contributed by atoms with E-state index in [1.54, 1.807) is 18.5 Å². The zero-order chi connectivity index (χ0) is 13.2. The van der Waals surface area contributed by atoms with Crippen molar-refractivity contribution < 1.29 is 4.79 Å². The molecule has 1 aromatic rings. The van der Waals surface area contributed by atoms with Crippen molar-refractivity contribution in [1.29, 1.82) is 0 Å². The molecule has 0 bridgehead atoms. The van der Waals surface area contributed by atoms with E-state index in [0.29, 0.717) is 11.4 Å². The maximum atomic E-state index is 12.3. The molecule has 0 spiro atoms. The van der Waals surface area contributed by atoms with Crippen molar-refractivity contribution in [2.45, 2.75) is 39.5 Å². The summed E-state index contributed by atoms with van der Waals surface area (Å²) in [6.45, 7) is 4.35. The van der Waals surface area contributed by atoms with Crippen molar-refractivity contribution in [2.75, 3.05) is 11.1 Å². The minimum Gasteiger partial charge on any atom is -0.396 e. The van der Waals surface area contributed by atoms with E-state index in [2.05, 4.69) is 24.1 Å². The van der Waals surface area contributed by atoms with E-state index in [-0.39, 0.29) is 17.2 Å². The van der Waals surface area contributed by atoms with Crippen molar-refractivity contribution in [3.63, 3.8) is 0 Å². The van der Waals surface area contributed by atoms with E-state index >= 15 is 0 Å². The van der Waals surface area contributed by atoms with Gasteiger partial charge in [-0.15, -0.1) is 0 Å². The smallest absolute Gasteiger partial charge is 0.228 e. The summed E-state index contributed by atoms with van der Waals surface area (Å²) in [4.78, 5) is 16.3. The first-order valence-electron chi connectivity index (χ1n) is 6.51. The normalized spacial score (nSPS) is 22.4. The molecule has 18 heavy (non-hydrogen) atoms. The van der Waals surface area contributed by atoms with E-state index in [1.807, 2.05) is 0 Å². The molecule has 1 aromatic heterocycles. The number of nitrogens with zero attached hydrogens (tertiary/aromatic N) is 1. The Balaban J connectivity index is 2.10. The van der Waals surface area contributed by atoms with Crippen LogP contribution >= 0.6 is 0 Å². The minimum absolute atomic E-state index is 0.0683. The molecule has 1 unspecified atom stereocenters. The Kier molecular flexibility index (Phi) is 3.55. The predicted molar refractivity (Wildman–Crippen MR) is 73.0 cm³/mol. The largest absolute Gasteiger partial charge is 0.396 e. The highest BCUT2D eigenvalue weighted by atomic mass is 16.1. The highest BCUT2D eigenvalue weighted by Gasteiger charge is 2.37. The predicted octanol–water partition coefficient (Wildman–Crippen LogP) is 2.82. The van der Waals surface area contributed by atoms with E-state index in [0.717, 1.165) is 19.3 Å². The molecule has 1 fully saturated rings. The minimum atomic E-state index is 0.0683. The zero-order valence-corrected chi connectivity index (χ0v) is 11.1. The van der Waals surface area contributed by atoms with Crippen LogP contribution in [0.5, 0.6) is 0 Å². The van der Waals surface area contributed by atoms with Gasteiger partial charge in [0.05, 0.1) is 17.6 Å². The molecule has 2 rings (SSSR count). The molecule has 3 N–H and O–H groups in total. The number of nitrogen functional groups attached to an aromatic ring is 1. The number of hydrogen-bond donors (Lipinski definition) is 2. The molecule has 1 saturated carbocycles. The maximum Gasteiger partial charge on any atom is 0.228 e. The van der Waals surface area contributed by atoms with Gasteiger partial charge in [0.15, 0.2) is 0 Å². The number of carbonyl (C=O) groups excluding carboxylic acids is 1. The van der Waals surface area contributed by atoms with Crippen molar-refractivity contribution in [1.82, 2.24) is 4.98 Å². The summed E-state index contributed by atoms with van der Waals surface area (Å²) in [5.74, 6) is 0.149. The Morgan fingerprint density at radius 2 is 2.28 bits per heavy atom.